The van der Waals surface area contributed by atoms with Gasteiger partial charge in [0.25, 0.3) is 0 Å². The lowest BCUT2D eigenvalue weighted by molar-refractivity contribution is 0.269. The van der Waals surface area contributed by atoms with Crippen molar-refractivity contribution in [2.45, 2.75) is 25.8 Å². The van der Waals surface area contributed by atoms with Crippen LogP contribution in [0.15, 0.2) is 18.2 Å². The highest BCUT2D eigenvalue weighted by Gasteiger charge is 2.09. The SMILES string of the molecule is CCC(N)Cc1ccc(OC)cc1OCCF. The molecule has 0 aliphatic heterocycles. The first-order valence-corrected chi connectivity index (χ1v) is 5.82. The minimum atomic E-state index is -0.503. The van der Waals surface area contributed by atoms with Gasteiger partial charge in [-0.2, -0.15) is 0 Å². The quantitative estimate of drug-likeness (QED) is 0.796. The van der Waals surface area contributed by atoms with Gasteiger partial charge in [-0.3, -0.25) is 0 Å². The van der Waals surface area contributed by atoms with E-state index in [4.69, 9.17) is 15.2 Å². The fraction of sp³-hybridized carbons (Fsp3) is 0.538. The fourth-order valence-corrected chi connectivity index (χ4v) is 1.54. The van der Waals surface area contributed by atoms with Crippen LogP contribution in [0.1, 0.15) is 18.9 Å². The minimum absolute atomic E-state index is 0.0571. The third-order valence-corrected chi connectivity index (χ3v) is 2.62. The summed E-state index contributed by atoms with van der Waals surface area (Å²) in [6.07, 6.45) is 1.62. The second-order valence-corrected chi connectivity index (χ2v) is 3.88. The molecule has 0 bridgehead atoms. The Morgan fingerprint density at radius 3 is 2.76 bits per heavy atom. The lowest BCUT2D eigenvalue weighted by atomic mass is 10.0. The van der Waals surface area contributed by atoms with Crippen LogP contribution in [-0.4, -0.2) is 26.4 Å². The van der Waals surface area contributed by atoms with E-state index in [0.717, 1.165) is 18.4 Å². The standard InChI is InChI=1S/C13H20FNO2/c1-3-11(15)8-10-4-5-12(16-2)9-13(10)17-7-6-14/h4-5,9,11H,3,6-8,15H2,1-2H3. The van der Waals surface area contributed by atoms with Gasteiger partial charge in [0.05, 0.1) is 7.11 Å². The molecule has 1 unspecified atom stereocenters. The van der Waals surface area contributed by atoms with E-state index in [0.29, 0.717) is 11.5 Å². The monoisotopic (exact) mass is 241 g/mol. The van der Waals surface area contributed by atoms with Crippen LogP contribution in [0.3, 0.4) is 0 Å². The number of rotatable bonds is 7. The molecule has 0 spiro atoms. The van der Waals surface area contributed by atoms with Crippen molar-refractivity contribution in [3.05, 3.63) is 23.8 Å². The highest BCUT2D eigenvalue weighted by atomic mass is 19.1. The van der Waals surface area contributed by atoms with E-state index in [9.17, 15) is 4.39 Å². The lowest BCUT2D eigenvalue weighted by Gasteiger charge is -2.14. The van der Waals surface area contributed by atoms with E-state index in [-0.39, 0.29) is 12.6 Å². The molecule has 1 aromatic rings. The maximum absolute atomic E-state index is 12.1. The topological polar surface area (TPSA) is 44.5 Å². The van der Waals surface area contributed by atoms with Gasteiger partial charge in [0.1, 0.15) is 24.8 Å². The smallest absolute Gasteiger partial charge is 0.126 e. The van der Waals surface area contributed by atoms with Crippen LogP contribution in [0.5, 0.6) is 11.5 Å². The Labute approximate surface area is 102 Å². The molecule has 0 aromatic heterocycles. The summed E-state index contributed by atoms with van der Waals surface area (Å²) in [5, 5.41) is 0. The van der Waals surface area contributed by atoms with Crippen LogP contribution in [-0.2, 0) is 6.42 Å². The van der Waals surface area contributed by atoms with Crippen molar-refractivity contribution in [2.24, 2.45) is 5.73 Å². The van der Waals surface area contributed by atoms with Crippen molar-refractivity contribution < 1.29 is 13.9 Å². The molecule has 0 amide bonds. The van der Waals surface area contributed by atoms with Crippen molar-refractivity contribution in [3.8, 4) is 11.5 Å². The van der Waals surface area contributed by atoms with Gasteiger partial charge >= 0.3 is 0 Å². The summed E-state index contributed by atoms with van der Waals surface area (Å²) >= 11 is 0. The van der Waals surface area contributed by atoms with Crippen molar-refractivity contribution >= 4 is 0 Å². The van der Waals surface area contributed by atoms with Gasteiger partial charge < -0.3 is 15.2 Å². The summed E-state index contributed by atoms with van der Waals surface area (Å²) in [6.45, 7) is 1.59. The summed E-state index contributed by atoms with van der Waals surface area (Å²) < 4.78 is 22.6. The lowest BCUT2D eigenvalue weighted by Crippen LogP contribution is -2.21. The van der Waals surface area contributed by atoms with Crippen LogP contribution in [0.2, 0.25) is 0 Å². The molecule has 17 heavy (non-hydrogen) atoms. The fourth-order valence-electron chi connectivity index (χ4n) is 1.54. The molecule has 1 aromatic carbocycles. The number of nitrogens with two attached hydrogens (primary N) is 1. The van der Waals surface area contributed by atoms with Crippen LogP contribution >= 0.6 is 0 Å². The summed E-state index contributed by atoms with van der Waals surface area (Å²) in [7, 11) is 1.59. The average molecular weight is 241 g/mol. The Morgan fingerprint density at radius 1 is 1.41 bits per heavy atom. The Hall–Kier alpha value is -1.29. The molecular weight excluding hydrogens is 221 g/mol. The molecule has 2 N–H and O–H groups in total. The van der Waals surface area contributed by atoms with Gasteiger partial charge in [-0.1, -0.05) is 13.0 Å². The number of methoxy groups -OCH3 is 1. The van der Waals surface area contributed by atoms with Gasteiger partial charge in [0.15, 0.2) is 0 Å². The highest BCUT2D eigenvalue weighted by molar-refractivity contribution is 5.41. The van der Waals surface area contributed by atoms with Crippen molar-refractivity contribution in [1.29, 1.82) is 0 Å². The first kappa shape index (κ1) is 13.8. The van der Waals surface area contributed by atoms with Gasteiger partial charge in [-0.15, -0.1) is 0 Å². The number of ether oxygens (including phenoxy) is 2. The van der Waals surface area contributed by atoms with E-state index in [1.54, 1.807) is 13.2 Å². The van der Waals surface area contributed by atoms with Gasteiger partial charge in [-0.05, 0) is 24.5 Å². The average Bonchev–Trinajstić information content (AvgIpc) is 2.37. The zero-order valence-electron chi connectivity index (χ0n) is 10.4. The maximum Gasteiger partial charge on any atom is 0.126 e. The first-order valence-electron chi connectivity index (χ1n) is 5.82. The molecule has 3 nitrogen and oxygen atoms in total. The molecule has 1 rings (SSSR count). The number of halogens is 1. The summed E-state index contributed by atoms with van der Waals surface area (Å²) in [5.41, 5.74) is 6.91. The van der Waals surface area contributed by atoms with E-state index in [1.165, 1.54) is 0 Å². The normalized spacial score (nSPS) is 12.2. The zero-order chi connectivity index (χ0) is 12.7. The molecule has 4 heteroatoms. The Kier molecular flexibility index (Phi) is 5.77. The number of hydrogen-bond donors (Lipinski definition) is 1. The van der Waals surface area contributed by atoms with Crippen molar-refractivity contribution in [3.63, 3.8) is 0 Å². The molecule has 0 aliphatic rings. The van der Waals surface area contributed by atoms with Gasteiger partial charge in [0.2, 0.25) is 0 Å². The summed E-state index contributed by atoms with van der Waals surface area (Å²) in [6, 6.07) is 5.64. The Bertz CT molecular complexity index is 344. The largest absolute Gasteiger partial charge is 0.497 e. The second-order valence-electron chi connectivity index (χ2n) is 3.88. The zero-order valence-corrected chi connectivity index (χ0v) is 10.4. The van der Waals surface area contributed by atoms with E-state index in [1.807, 2.05) is 19.1 Å². The summed E-state index contributed by atoms with van der Waals surface area (Å²) in [5.74, 6) is 1.36. The first-order chi connectivity index (χ1) is 8.21. The molecule has 0 radical (unpaired) electrons. The van der Waals surface area contributed by atoms with Crippen molar-refractivity contribution in [2.75, 3.05) is 20.4 Å². The Morgan fingerprint density at radius 2 is 2.18 bits per heavy atom. The minimum Gasteiger partial charge on any atom is -0.497 e. The predicted octanol–water partition coefficient (Wildman–Crippen LogP) is 2.32. The predicted molar refractivity (Wildman–Crippen MR) is 66.4 cm³/mol. The third-order valence-electron chi connectivity index (χ3n) is 2.62. The molecule has 0 heterocycles. The van der Waals surface area contributed by atoms with E-state index >= 15 is 0 Å². The van der Waals surface area contributed by atoms with E-state index in [2.05, 4.69) is 0 Å². The maximum atomic E-state index is 12.1. The highest BCUT2D eigenvalue weighted by Crippen LogP contribution is 2.26. The van der Waals surface area contributed by atoms with Crippen LogP contribution in [0, 0.1) is 0 Å². The second kappa shape index (κ2) is 7.12. The van der Waals surface area contributed by atoms with Gasteiger partial charge in [0, 0.05) is 12.1 Å². The number of alkyl halides is 1. The molecular formula is C13H20FNO2. The van der Waals surface area contributed by atoms with Gasteiger partial charge in [-0.25, -0.2) is 4.39 Å². The Balaban J connectivity index is 2.85. The van der Waals surface area contributed by atoms with Crippen molar-refractivity contribution in [1.82, 2.24) is 0 Å². The van der Waals surface area contributed by atoms with Crippen LogP contribution < -0.4 is 15.2 Å². The summed E-state index contributed by atoms with van der Waals surface area (Å²) in [4.78, 5) is 0. The molecule has 0 aliphatic carbocycles. The van der Waals surface area contributed by atoms with Crippen LogP contribution in [0.4, 0.5) is 4.39 Å². The number of benzene rings is 1. The van der Waals surface area contributed by atoms with E-state index < -0.39 is 6.67 Å². The molecule has 0 fully saturated rings. The molecule has 96 valence electrons. The van der Waals surface area contributed by atoms with Crippen LogP contribution in [0.25, 0.3) is 0 Å². The third kappa shape index (κ3) is 4.23. The molecule has 1 atom stereocenters. The molecule has 0 saturated carbocycles. The molecule has 0 saturated heterocycles. The number of hydrogen-bond acceptors (Lipinski definition) is 3.